The fraction of sp³-hybridized carbons (Fsp3) is 0.500. The number of nitrogen functional groups attached to an aromatic ring is 1. The number of nitrogens with two attached hydrogens (primary N) is 1. The molecule has 2 N–H and O–H groups in total. The third-order valence-electron chi connectivity index (χ3n) is 3.09. The number of nitrogens with zero attached hydrogens (tertiary/aromatic N) is 1. The lowest BCUT2D eigenvalue weighted by Gasteiger charge is -2.22. The molecule has 0 spiro atoms. The summed E-state index contributed by atoms with van der Waals surface area (Å²) in [4.78, 5) is 14.1. The first-order valence-corrected chi connectivity index (χ1v) is 6.36. The molecule has 1 aliphatic rings. The summed E-state index contributed by atoms with van der Waals surface area (Å²) in [5, 5.41) is 0. The Morgan fingerprint density at radius 2 is 2.24 bits per heavy atom. The highest BCUT2D eigenvalue weighted by atomic mass is 16.2. The van der Waals surface area contributed by atoms with Crippen LogP contribution in [0, 0.1) is 5.92 Å². The molecule has 0 unspecified atom stereocenters. The first-order valence-electron chi connectivity index (χ1n) is 6.36. The number of carbonyl (C=O) groups excluding carboxylic acids is 1. The lowest BCUT2D eigenvalue weighted by molar-refractivity contribution is -0.118. The smallest absolute Gasteiger partial charge is 0.227 e. The third kappa shape index (κ3) is 3.22. The van der Waals surface area contributed by atoms with E-state index in [1.165, 1.54) is 12.8 Å². The number of amides is 1. The minimum Gasteiger partial charge on any atom is -0.399 e. The molecule has 92 valence electrons. The van der Waals surface area contributed by atoms with Gasteiger partial charge >= 0.3 is 0 Å². The number of hydrogen-bond donors (Lipinski definition) is 1. The standard InChI is InChI=1S/C14H20N2O/c1-2-8-16(14(17)9-11-6-7-11)13-5-3-4-12(15)10-13/h3-5,10-11H,2,6-9,15H2,1H3. The van der Waals surface area contributed by atoms with E-state index >= 15 is 0 Å². The Morgan fingerprint density at radius 3 is 2.82 bits per heavy atom. The van der Waals surface area contributed by atoms with Gasteiger partial charge in [0.05, 0.1) is 0 Å². The van der Waals surface area contributed by atoms with Crippen LogP contribution >= 0.6 is 0 Å². The molecule has 0 aromatic heterocycles. The Kier molecular flexibility index (Phi) is 3.67. The summed E-state index contributed by atoms with van der Waals surface area (Å²) in [6, 6.07) is 7.58. The Bertz CT molecular complexity index is 399. The van der Waals surface area contributed by atoms with Gasteiger partial charge in [0.2, 0.25) is 5.91 Å². The second-order valence-electron chi connectivity index (χ2n) is 4.79. The Balaban J connectivity index is 2.11. The van der Waals surface area contributed by atoms with Crippen LogP contribution in [0.2, 0.25) is 0 Å². The predicted molar refractivity (Wildman–Crippen MR) is 70.8 cm³/mol. The summed E-state index contributed by atoms with van der Waals surface area (Å²) in [6.45, 7) is 2.86. The second kappa shape index (κ2) is 5.21. The van der Waals surface area contributed by atoms with Crippen LogP contribution in [0.5, 0.6) is 0 Å². The molecule has 1 saturated carbocycles. The van der Waals surface area contributed by atoms with Gasteiger partial charge in [-0.25, -0.2) is 0 Å². The SMILES string of the molecule is CCCN(C(=O)CC1CC1)c1cccc(N)c1. The van der Waals surface area contributed by atoms with Gasteiger partial charge in [-0.05, 0) is 43.4 Å². The van der Waals surface area contributed by atoms with Crippen molar-refractivity contribution in [2.45, 2.75) is 32.6 Å². The van der Waals surface area contributed by atoms with Gasteiger partial charge in [0, 0.05) is 24.3 Å². The first-order chi connectivity index (χ1) is 8.20. The zero-order chi connectivity index (χ0) is 12.3. The van der Waals surface area contributed by atoms with Gasteiger partial charge in [-0.3, -0.25) is 4.79 Å². The largest absolute Gasteiger partial charge is 0.399 e. The lowest BCUT2D eigenvalue weighted by Crippen LogP contribution is -2.31. The molecule has 1 aromatic carbocycles. The number of carbonyl (C=O) groups is 1. The third-order valence-corrected chi connectivity index (χ3v) is 3.09. The molecule has 0 radical (unpaired) electrons. The van der Waals surface area contributed by atoms with E-state index in [9.17, 15) is 4.79 Å². The Labute approximate surface area is 103 Å². The molecule has 1 aliphatic carbocycles. The highest BCUT2D eigenvalue weighted by Crippen LogP contribution is 2.33. The van der Waals surface area contributed by atoms with E-state index in [4.69, 9.17) is 5.73 Å². The molecule has 0 bridgehead atoms. The van der Waals surface area contributed by atoms with Crippen LogP contribution in [0.4, 0.5) is 11.4 Å². The number of hydrogen-bond acceptors (Lipinski definition) is 2. The van der Waals surface area contributed by atoms with Gasteiger partial charge in [0.25, 0.3) is 0 Å². The Morgan fingerprint density at radius 1 is 1.47 bits per heavy atom. The van der Waals surface area contributed by atoms with Crippen molar-refractivity contribution in [1.29, 1.82) is 0 Å². The van der Waals surface area contributed by atoms with Crippen LogP contribution in [0.1, 0.15) is 32.6 Å². The maximum absolute atomic E-state index is 12.2. The number of rotatable bonds is 5. The second-order valence-corrected chi connectivity index (χ2v) is 4.79. The summed E-state index contributed by atoms with van der Waals surface area (Å²) in [7, 11) is 0. The van der Waals surface area contributed by atoms with Crippen LogP contribution < -0.4 is 10.6 Å². The maximum atomic E-state index is 12.2. The van der Waals surface area contributed by atoms with Crippen molar-refractivity contribution >= 4 is 17.3 Å². The van der Waals surface area contributed by atoms with Gasteiger partial charge in [-0.2, -0.15) is 0 Å². The van der Waals surface area contributed by atoms with Crippen molar-refractivity contribution in [2.24, 2.45) is 5.92 Å². The van der Waals surface area contributed by atoms with E-state index in [0.29, 0.717) is 18.0 Å². The molecule has 3 heteroatoms. The van der Waals surface area contributed by atoms with E-state index < -0.39 is 0 Å². The van der Waals surface area contributed by atoms with E-state index in [-0.39, 0.29) is 5.91 Å². The summed E-state index contributed by atoms with van der Waals surface area (Å²) < 4.78 is 0. The van der Waals surface area contributed by atoms with Crippen LogP contribution in [0.15, 0.2) is 24.3 Å². The summed E-state index contributed by atoms with van der Waals surface area (Å²) in [5.41, 5.74) is 7.41. The quantitative estimate of drug-likeness (QED) is 0.793. The molecule has 0 saturated heterocycles. The molecule has 1 fully saturated rings. The molecule has 17 heavy (non-hydrogen) atoms. The van der Waals surface area contributed by atoms with Crippen LogP contribution in [-0.4, -0.2) is 12.5 Å². The van der Waals surface area contributed by atoms with Crippen molar-refractivity contribution in [2.75, 3.05) is 17.2 Å². The maximum Gasteiger partial charge on any atom is 0.227 e. The minimum atomic E-state index is 0.236. The molecule has 1 aromatic rings. The number of benzene rings is 1. The fourth-order valence-corrected chi connectivity index (χ4v) is 1.99. The van der Waals surface area contributed by atoms with Crippen LogP contribution in [-0.2, 0) is 4.79 Å². The summed E-state index contributed by atoms with van der Waals surface area (Å²) in [5.74, 6) is 0.864. The topological polar surface area (TPSA) is 46.3 Å². The molecule has 2 rings (SSSR count). The van der Waals surface area contributed by atoms with Gasteiger partial charge < -0.3 is 10.6 Å². The van der Waals surface area contributed by atoms with Crippen LogP contribution in [0.3, 0.4) is 0 Å². The minimum absolute atomic E-state index is 0.236. The molecule has 0 atom stereocenters. The average molecular weight is 232 g/mol. The van der Waals surface area contributed by atoms with Crippen molar-refractivity contribution in [3.8, 4) is 0 Å². The molecule has 0 heterocycles. The molecule has 1 amide bonds. The summed E-state index contributed by atoms with van der Waals surface area (Å²) >= 11 is 0. The lowest BCUT2D eigenvalue weighted by atomic mass is 10.2. The van der Waals surface area contributed by atoms with Crippen molar-refractivity contribution in [3.05, 3.63) is 24.3 Å². The van der Waals surface area contributed by atoms with Gasteiger partial charge in [0.1, 0.15) is 0 Å². The average Bonchev–Trinajstić information content (AvgIpc) is 3.09. The molecular weight excluding hydrogens is 212 g/mol. The molecular formula is C14H20N2O. The van der Waals surface area contributed by atoms with E-state index in [1.54, 1.807) is 0 Å². The van der Waals surface area contributed by atoms with Crippen LogP contribution in [0.25, 0.3) is 0 Å². The zero-order valence-electron chi connectivity index (χ0n) is 10.4. The molecule has 3 nitrogen and oxygen atoms in total. The normalized spacial score (nSPS) is 14.6. The monoisotopic (exact) mass is 232 g/mol. The van der Waals surface area contributed by atoms with Crippen molar-refractivity contribution in [3.63, 3.8) is 0 Å². The predicted octanol–water partition coefficient (Wildman–Crippen LogP) is 2.81. The molecule has 0 aliphatic heterocycles. The number of anilines is 2. The van der Waals surface area contributed by atoms with Gasteiger partial charge in [-0.15, -0.1) is 0 Å². The van der Waals surface area contributed by atoms with E-state index in [0.717, 1.165) is 18.7 Å². The Hall–Kier alpha value is -1.51. The van der Waals surface area contributed by atoms with Gasteiger partial charge in [0.15, 0.2) is 0 Å². The van der Waals surface area contributed by atoms with Gasteiger partial charge in [-0.1, -0.05) is 13.0 Å². The first kappa shape index (κ1) is 12.0. The van der Waals surface area contributed by atoms with E-state index in [2.05, 4.69) is 6.92 Å². The highest BCUT2D eigenvalue weighted by molar-refractivity contribution is 5.94. The zero-order valence-corrected chi connectivity index (χ0v) is 10.4. The van der Waals surface area contributed by atoms with Crippen molar-refractivity contribution in [1.82, 2.24) is 0 Å². The van der Waals surface area contributed by atoms with Crippen molar-refractivity contribution < 1.29 is 4.79 Å². The summed E-state index contributed by atoms with van der Waals surface area (Å²) in [6.07, 6.45) is 4.07. The highest BCUT2D eigenvalue weighted by Gasteiger charge is 2.27. The fourth-order valence-electron chi connectivity index (χ4n) is 1.99. The van der Waals surface area contributed by atoms with E-state index in [1.807, 2.05) is 29.2 Å².